The molecule has 116 valence electrons. The zero-order valence-electron chi connectivity index (χ0n) is 12.8. The van der Waals surface area contributed by atoms with Gasteiger partial charge in [0, 0.05) is 25.7 Å². The Bertz CT molecular complexity index is 512. The third-order valence-electron chi connectivity index (χ3n) is 4.95. The maximum absolute atomic E-state index is 11.1. The quantitative estimate of drug-likeness (QED) is 0.919. The first kappa shape index (κ1) is 14.6. The fourth-order valence-corrected chi connectivity index (χ4v) is 3.70. The highest BCUT2D eigenvalue weighted by Crippen LogP contribution is 2.24. The maximum atomic E-state index is 11.1. The summed E-state index contributed by atoms with van der Waals surface area (Å²) in [6.45, 7) is 6.56. The van der Waals surface area contributed by atoms with Gasteiger partial charge in [0.05, 0.1) is 11.6 Å². The highest BCUT2D eigenvalue weighted by atomic mass is 16.4. The van der Waals surface area contributed by atoms with Crippen molar-refractivity contribution in [2.75, 3.05) is 19.6 Å². The van der Waals surface area contributed by atoms with Crippen LogP contribution >= 0.6 is 0 Å². The second kappa shape index (κ2) is 6.18. The highest BCUT2D eigenvalue weighted by molar-refractivity contribution is 5.70. The van der Waals surface area contributed by atoms with Gasteiger partial charge in [0.15, 0.2) is 0 Å². The first-order valence-electron chi connectivity index (χ1n) is 8.15. The van der Waals surface area contributed by atoms with Gasteiger partial charge in [-0.15, -0.1) is 0 Å². The van der Waals surface area contributed by atoms with Gasteiger partial charge in [0.2, 0.25) is 0 Å². The van der Waals surface area contributed by atoms with Crippen LogP contribution in [0.4, 0.5) is 0 Å². The summed E-state index contributed by atoms with van der Waals surface area (Å²) >= 11 is 0. The van der Waals surface area contributed by atoms with Crippen LogP contribution < -0.4 is 0 Å². The number of piperidine rings is 1. The lowest BCUT2D eigenvalue weighted by Crippen LogP contribution is -2.35. The summed E-state index contributed by atoms with van der Waals surface area (Å²) in [6, 6.07) is 0. The Morgan fingerprint density at radius 2 is 2.29 bits per heavy atom. The molecule has 3 heterocycles. The average molecular weight is 291 g/mol. The summed E-state index contributed by atoms with van der Waals surface area (Å²) < 4.78 is 2.16. The predicted octanol–water partition coefficient (Wildman–Crippen LogP) is 1.80. The maximum Gasteiger partial charge on any atom is 0.307 e. The van der Waals surface area contributed by atoms with Crippen molar-refractivity contribution in [1.82, 2.24) is 14.5 Å². The topological polar surface area (TPSA) is 58.4 Å². The van der Waals surface area contributed by atoms with Gasteiger partial charge >= 0.3 is 5.97 Å². The van der Waals surface area contributed by atoms with Gasteiger partial charge in [-0.05, 0) is 44.7 Å². The number of nitrogens with zero attached hydrogens (tertiary/aromatic N) is 3. The number of rotatable bonds is 4. The van der Waals surface area contributed by atoms with Gasteiger partial charge in [0.1, 0.15) is 5.82 Å². The van der Waals surface area contributed by atoms with Crippen molar-refractivity contribution in [3.8, 4) is 0 Å². The molecular weight excluding hydrogens is 266 g/mol. The summed E-state index contributed by atoms with van der Waals surface area (Å²) in [5, 5.41) is 9.15. The van der Waals surface area contributed by atoms with Crippen molar-refractivity contribution in [2.45, 2.75) is 45.6 Å². The molecule has 2 aliphatic heterocycles. The number of aliphatic carboxylic acids is 1. The van der Waals surface area contributed by atoms with E-state index in [1.807, 2.05) is 0 Å². The fraction of sp³-hybridized carbons (Fsp3) is 0.750. The number of hydrogen-bond donors (Lipinski definition) is 1. The lowest BCUT2D eigenvalue weighted by molar-refractivity contribution is -0.142. The number of fused-ring (bicyclic) bond motifs is 1. The Morgan fingerprint density at radius 1 is 1.43 bits per heavy atom. The third kappa shape index (κ3) is 3.28. The van der Waals surface area contributed by atoms with Crippen molar-refractivity contribution in [3.63, 3.8) is 0 Å². The summed E-state index contributed by atoms with van der Waals surface area (Å²) in [6.07, 6.45) is 7.07. The monoisotopic (exact) mass is 291 g/mol. The Labute approximate surface area is 126 Å². The molecule has 0 saturated carbocycles. The van der Waals surface area contributed by atoms with E-state index in [0.717, 1.165) is 37.4 Å². The molecule has 3 rings (SSSR count). The summed E-state index contributed by atoms with van der Waals surface area (Å²) in [7, 11) is 0. The van der Waals surface area contributed by atoms with Gasteiger partial charge in [0.25, 0.3) is 0 Å². The van der Waals surface area contributed by atoms with E-state index in [4.69, 9.17) is 10.1 Å². The molecule has 5 nitrogen and oxygen atoms in total. The Kier molecular flexibility index (Phi) is 4.29. The van der Waals surface area contributed by atoms with E-state index in [2.05, 4.69) is 22.6 Å². The number of aryl methyl sites for hydroxylation is 1. The van der Waals surface area contributed by atoms with Crippen molar-refractivity contribution >= 4 is 5.97 Å². The van der Waals surface area contributed by atoms with Gasteiger partial charge in [-0.2, -0.15) is 0 Å². The van der Waals surface area contributed by atoms with E-state index in [-0.39, 0.29) is 5.92 Å². The van der Waals surface area contributed by atoms with Crippen LogP contribution in [0.25, 0.3) is 0 Å². The van der Waals surface area contributed by atoms with E-state index in [9.17, 15) is 4.79 Å². The molecule has 1 N–H and O–H groups in total. The molecule has 1 aromatic heterocycles. The number of hydrogen-bond acceptors (Lipinski definition) is 3. The van der Waals surface area contributed by atoms with Crippen molar-refractivity contribution < 1.29 is 9.90 Å². The van der Waals surface area contributed by atoms with Crippen LogP contribution in [0.1, 0.15) is 37.7 Å². The summed E-state index contributed by atoms with van der Waals surface area (Å²) in [5.41, 5.74) is 1.15. The Morgan fingerprint density at radius 3 is 3.05 bits per heavy atom. The van der Waals surface area contributed by atoms with Gasteiger partial charge in [-0.3, -0.25) is 4.79 Å². The number of aromatic nitrogens is 2. The Hall–Kier alpha value is -1.36. The smallest absolute Gasteiger partial charge is 0.307 e. The van der Waals surface area contributed by atoms with Gasteiger partial charge in [-0.25, -0.2) is 4.98 Å². The minimum atomic E-state index is -0.684. The van der Waals surface area contributed by atoms with Crippen molar-refractivity contribution in [3.05, 3.63) is 17.7 Å². The van der Waals surface area contributed by atoms with Crippen LogP contribution in [0.15, 0.2) is 6.20 Å². The molecule has 0 spiro atoms. The predicted molar refractivity (Wildman–Crippen MR) is 80.2 cm³/mol. The molecule has 2 aliphatic rings. The lowest BCUT2D eigenvalue weighted by atomic mass is 9.94. The van der Waals surface area contributed by atoms with Gasteiger partial charge in [-0.1, -0.05) is 6.92 Å². The number of carboxylic acids is 1. The lowest BCUT2D eigenvalue weighted by Gasteiger charge is -2.31. The van der Waals surface area contributed by atoms with Crippen molar-refractivity contribution in [1.29, 1.82) is 0 Å². The zero-order valence-corrected chi connectivity index (χ0v) is 12.8. The van der Waals surface area contributed by atoms with E-state index < -0.39 is 5.97 Å². The molecule has 0 aliphatic carbocycles. The first-order valence-corrected chi connectivity index (χ1v) is 8.15. The molecule has 2 unspecified atom stereocenters. The molecule has 1 aromatic rings. The molecule has 0 aromatic carbocycles. The second-order valence-electron chi connectivity index (χ2n) is 6.48. The molecule has 0 radical (unpaired) electrons. The number of carbonyl (C=O) groups is 1. The molecule has 2 atom stereocenters. The Balaban J connectivity index is 1.64. The molecule has 21 heavy (non-hydrogen) atoms. The van der Waals surface area contributed by atoms with E-state index in [1.165, 1.54) is 25.9 Å². The van der Waals surface area contributed by atoms with Crippen LogP contribution in [-0.4, -0.2) is 45.2 Å². The molecule has 1 fully saturated rings. The van der Waals surface area contributed by atoms with Crippen LogP contribution in [0, 0.1) is 11.8 Å². The van der Waals surface area contributed by atoms with E-state index in [0.29, 0.717) is 12.3 Å². The van der Waals surface area contributed by atoms with E-state index >= 15 is 0 Å². The standard InChI is InChI=1S/C16H25N3O2/c1-2-18-6-3-4-12(10-18)8-14-11-19-7-5-13(16(20)21)9-15(19)17-14/h11-13H,2-10H2,1H3,(H,20,21). The molecular formula is C16H25N3O2. The van der Waals surface area contributed by atoms with Crippen LogP contribution in [0.5, 0.6) is 0 Å². The largest absolute Gasteiger partial charge is 0.481 e. The average Bonchev–Trinajstić information content (AvgIpc) is 2.88. The van der Waals surface area contributed by atoms with E-state index in [1.54, 1.807) is 0 Å². The number of likely N-dealkylation sites (tertiary alicyclic amines) is 1. The molecule has 0 bridgehead atoms. The van der Waals surface area contributed by atoms with Crippen LogP contribution in [0.3, 0.4) is 0 Å². The molecule has 1 saturated heterocycles. The van der Waals surface area contributed by atoms with Crippen LogP contribution in [0.2, 0.25) is 0 Å². The third-order valence-corrected chi connectivity index (χ3v) is 4.95. The summed E-state index contributed by atoms with van der Waals surface area (Å²) in [4.78, 5) is 18.3. The fourth-order valence-electron chi connectivity index (χ4n) is 3.70. The molecule has 0 amide bonds. The zero-order chi connectivity index (χ0) is 14.8. The van der Waals surface area contributed by atoms with Gasteiger partial charge < -0.3 is 14.6 Å². The normalized spacial score (nSPS) is 26.5. The minimum Gasteiger partial charge on any atom is -0.481 e. The van der Waals surface area contributed by atoms with Crippen LogP contribution in [-0.2, 0) is 24.2 Å². The second-order valence-corrected chi connectivity index (χ2v) is 6.48. The number of carboxylic acid groups (broad SMARTS) is 1. The number of imidazole rings is 1. The summed E-state index contributed by atoms with van der Waals surface area (Å²) in [5.74, 6) is 0.729. The first-order chi connectivity index (χ1) is 10.2. The van der Waals surface area contributed by atoms with Crippen molar-refractivity contribution in [2.24, 2.45) is 11.8 Å². The SMILES string of the molecule is CCN1CCCC(Cc2cn3c(n2)CC(C(=O)O)CC3)C1. The highest BCUT2D eigenvalue weighted by Gasteiger charge is 2.27. The molecule has 5 heteroatoms. The minimum absolute atomic E-state index is 0.252.